The summed E-state index contributed by atoms with van der Waals surface area (Å²) in [5.41, 5.74) is 0. The van der Waals surface area contributed by atoms with E-state index in [1.54, 1.807) is 0 Å². The fourth-order valence-electron chi connectivity index (χ4n) is 5.13. The quantitative estimate of drug-likeness (QED) is 0.0747. The van der Waals surface area contributed by atoms with Gasteiger partial charge in [0.15, 0.2) is 0 Å². The molecule has 0 spiro atoms. The van der Waals surface area contributed by atoms with E-state index in [4.69, 9.17) is 14.5 Å². The van der Waals surface area contributed by atoms with Crippen molar-refractivity contribution in [1.82, 2.24) is 4.90 Å². The van der Waals surface area contributed by atoms with E-state index < -0.39 is 7.82 Å². The van der Waals surface area contributed by atoms with E-state index in [1.165, 1.54) is 141 Å². The molecule has 39 heavy (non-hydrogen) atoms. The molecule has 0 aliphatic carbocycles. The van der Waals surface area contributed by atoms with Crippen molar-refractivity contribution in [3.8, 4) is 0 Å². The van der Waals surface area contributed by atoms with E-state index in [2.05, 4.69) is 23.3 Å². The monoisotopic (exact) mass is 577 g/mol. The van der Waals surface area contributed by atoms with E-state index >= 15 is 0 Å². The number of ether oxygens (including phenoxy) is 1. The molecule has 6 nitrogen and oxygen atoms in total. The molecule has 0 amide bonds. The summed E-state index contributed by atoms with van der Waals surface area (Å²) in [6.45, 7) is 10.2. The summed E-state index contributed by atoms with van der Waals surface area (Å²) in [6.07, 6.45) is 32.3. The van der Waals surface area contributed by atoms with Gasteiger partial charge in [-0.25, -0.2) is 4.57 Å². The van der Waals surface area contributed by atoms with Crippen molar-refractivity contribution in [2.75, 3.05) is 39.5 Å². The number of phosphoric ester groups is 1. The number of rotatable bonds is 27. The molecular weight excluding hydrogens is 509 g/mol. The maximum absolute atomic E-state index is 10.4. The lowest BCUT2D eigenvalue weighted by molar-refractivity contribution is 0.0371. The Labute approximate surface area is 243 Å². The first-order chi connectivity index (χ1) is 19.0. The fraction of sp³-hybridized carbons (Fsp3) is 1.00. The largest absolute Gasteiger partial charge is 0.469 e. The van der Waals surface area contributed by atoms with Crippen LogP contribution in [0.4, 0.5) is 0 Å². The van der Waals surface area contributed by atoms with Crippen molar-refractivity contribution < 1.29 is 23.6 Å². The molecule has 0 bridgehead atoms. The highest BCUT2D eigenvalue weighted by Crippen LogP contribution is 2.35. The minimum absolute atomic E-state index is 0.167. The Balaban J connectivity index is 0.000000768. The predicted octanol–water partition coefficient (Wildman–Crippen LogP) is 9.82. The highest BCUT2D eigenvalue weighted by molar-refractivity contribution is 7.46. The molecule has 1 aliphatic rings. The van der Waals surface area contributed by atoms with Gasteiger partial charge in [-0.3, -0.25) is 9.42 Å². The second-order valence-corrected chi connectivity index (χ2v) is 12.8. The topological polar surface area (TPSA) is 79.2 Å². The molecule has 1 saturated heterocycles. The van der Waals surface area contributed by atoms with Crippen LogP contribution in [0.5, 0.6) is 0 Å². The van der Waals surface area contributed by atoms with Gasteiger partial charge in [-0.2, -0.15) is 0 Å². The molecule has 0 aromatic rings. The average molecular weight is 578 g/mol. The van der Waals surface area contributed by atoms with Gasteiger partial charge in [0.05, 0.1) is 19.8 Å². The summed E-state index contributed by atoms with van der Waals surface area (Å²) >= 11 is 0. The van der Waals surface area contributed by atoms with Crippen molar-refractivity contribution in [2.45, 2.75) is 168 Å². The van der Waals surface area contributed by atoms with E-state index in [9.17, 15) is 4.57 Å². The summed E-state index contributed by atoms with van der Waals surface area (Å²) in [5, 5.41) is 0. The number of hydrogen-bond acceptors (Lipinski definition) is 4. The maximum Gasteiger partial charge on any atom is 0.469 e. The molecule has 0 aromatic heterocycles. The first kappa shape index (κ1) is 39.0. The lowest BCUT2D eigenvalue weighted by atomic mass is 10.0. The van der Waals surface area contributed by atoms with Crippen molar-refractivity contribution >= 4 is 7.82 Å². The smallest absolute Gasteiger partial charge is 0.379 e. The van der Waals surface area contributed by atoms with Crippen LogP contribution in [0.25, 0.3) is 0 Å². The molecular formula is C32H68NO5P. The van der Waals surface area contributed by atoms with E-state index in [0.29, 0.717) is 0 Å². The van der Waals surface area contributed by atoms with Crippen LogP contribution in [0.1, 0.15) is 168 Å². The lowest BCUT2D eigenvalue weighted by Gasteiger charge is -2.26. The van der Waals surface area contributed by atoms with Gasteiger partial charge >= 0.3 is 7.82 Å². The molecule has 1 aliphatic heterocycles. The van der Waals surface area contributed by atoms with Gasteiger partial charge in [-0.05, 0) is 19.4 Å². The number of unbranched alkanes of at least 4 members (excludes halogenated alkanes) is 22. The van der Waals surface area contributed by atoms with Gasteiger partial charge in [-0.15, -0.1) is 0 Å². The Morgan fingerprint density at radius 3 is 1.26 bits per heavy atom. The Morgan fingerprint density at radius 2 is 0.897 bits per heavy atom. The average Bonchev–Trinajstić information content (AvgIpc) is 2.92. The minimum Gasteiger partial charge on any atom is -0.379 e. The third kappa shape index (κ3) is 34.1. The van der Waals surface area contributed by atoms with Crippen LogP contribution in [-0.2, 0) is 13.8 Å². The Kier molecular flexibility index (Phi) is 31.0. The summed E-state index contributed by atoms with van der Waals surface area (Å²) in [4.78, 5) is 19.5. The molecule has 0 radical (unpaired) electrons. The molecule has 2 N–H and O–H groups in total. The van der Waals surface area contributed by atoms with Gasteiger partial charge < -0.3 is 14.5 Å². The van der Waals surface area contributed by atoms with Crippen molar-refractivity contribution in [2.24, 2.45) is 0 Å². The first-order valence-electron chi connectivity index (χ1n) is 17.0. The van der Waals surface area contributed by atoms with Gasteiger partial charge in [0, 0.05) is 13.1 Å². The third-order valence-electron chi connectivity index (χ3n) is 7.69. The molecule has 1 rings (SSSR count). The molecule has 0 aromatic carbocycles. The summed E-state index contributed by atoms with van der Waals surface area (Å²) in [7, 11) is -4.24. The van der Waals surface area contributed by atoms with Crippen molar-refractivity contribution in [3.05, 3.63) is 0 Å². The molecule has 0 unspecified atom stereocenters. The minimum atomic E-state index is -4.24. The van der Waals surface area contributed by atoms with Crippen LogP contribution >= 0.6 is 7.82 Å². The molecule has 0 saturated carbocycles. The molecule has 1 fully saturated rings. The summed E-state index contributed by atoms with van der Waals surface area (Å²) in [6, 6.07) is 0. The summed E-state index contributed by atoms with van der Waals surface area (Å²) in [5.74, 6) is 0. The van der Waals surface area contributed by atoms with Crippen LogP contribution in [-0.4, -0.2) is 54.1 Å². The Morgan fingerprint density at radius 1 is 0.564 bits per heavy atom. The summed E-state index contributed by atoms with van der Waals surface area (Å²) < 4.78 is 20.1. The highest BCUT2D eigenvalue weighted by atomic mass is 31.2. The maximum atomic E-state index is 10.4. The van der Waals surface area contributed by atoms with Crippen LogP contribution in [0.15, 0.2) is 0 Å². The van der Waals surface area contributed by atoms with Gasteiger partial charge in [0.1, 0.15) is 0 Å². The fourth-order valence-corrected chi connectivity index (χ4v) is 5.49. The first-order valence-corrected chi connectivity index (χ1v) is 18.5. The highest BCUT2D eigenvalue weighted by Gasteiger charge is 2.12. The zero-order chi connectivity index (χ0) is 28.7. The van der Waals surface area contributed by atoms with Crippen LogP contribution in [0.2, 0.25) is 0 Å². The zero-order valence-electron chi connectivity index (χ0n) is 26.2. The normalized spacial score (nSPS) is 14.4. The SMILES string of the molecule is CCCCCCCCCCCCCCCCN1CCOCC1.CCCCCCCCCCCCOP(=O)(O)O. The van der Waals surface area contributed by atoms with Crippen LogP contribution in [0.3, 0.4) is 0 Å². The Hall–Kier alpha value is 0.0300. The number of phosphoric acid groups is 1. The van der Waals surface area contributed by atoms with E-state index in [1.807, 2.05) is 0 Å². The predicted molar refractivity (Wildman–Crippen MR) is 167 cm³/mol. The van der Waals surface area contributed by atoms with Gasteiger partial charge in [0.2, 0.25) is 0 Å². The number of morpholine rings is 1. The van der Waals surface area contributed by atoms with Gasteiger partial charge in [0.25, 0.3) is 0 Å². The van der Waals surface area contributed by atoms with Crippen molar-refractivity contribution in [3.63, 3.8) is 0 Å². The standard InChI is InChI=1S/C20H41NO.C12H27O4P/c1-2-3-4-5-6-7-8-9-10-11-12-13-14-15-16-21-17-19-22-20-18-21;1-2-3-4-5-6-7-8-9-10-11-12-16-17(13,14)15/h2-20H2,1H3;2-12H2,1H3,(H2,13,14,15). The van der Waals surface area contributed by atoms with Crippen LogP contribution < -0.4 is 0 Å². The van der Waals surface area contributed by atoms with Crippen LogP contribution in [0, 0.1) is 0 Å². The second kappa shape index (κ2) is 31.0. The van der Waals surface area contributed by atoms with Gasteiger partial charge in [-0.1, -0.05) is 155 Å². The number of hydrogen-bond donors (Lipinski definition) is 2. The molecule has 0 atom stereocenters. The van der Waals surface area contributed by atoms with Crippen molar-refractivity contribution in [1.29, 1.82) is 0 Å². The Bertz CT molecular complexity index is 511. The number of nitrogens with zero attached hydrogens (tertiary/aromatic N) is 1. The van der Waals surface area contributed by atoms with E-state index in [-0.39, 0.29) is 6.61 Å². The molecule has 1 heterocycles. The van der Waals surface area contributed by atoms with E-state index in [0.717, 1.165) is 45.6 Å². The zero-order valence-corrected chi connectivity index (χ0v) is 27.1. The molecule has 7 heteroatoms. The molecule has 236 valence electrons. The second-order valence-electron chi connectivity index (χ2n) is 11.6. The third-order valence-corrected chi connectivity index (χ3v) is 8.21. The lowest BCUT2D eigenvalue weighted by Crippen LogP contribution is -2.36.